The van der Waals surface area contributed by atoms with Crippen molar-refractivity contribution in [2.45, 2.75) is 6.10 Å². The summed E-state index contributed by atoms with van der Waals surface area (Å²) in [5, 5.41) is 21.1. The molecule has 0 saturated heterocycles. The van der Waals surface area contributed by atoms with Crippen molar-refractivity contribution in [1.29, 1.82) is 0 Å². The highest BCUT2D eigenvalue weighted by molar-refractivity contribution is 6.31. The molecule has 7 heteroatoms. The lowest BCUT2D eigenvalue weighted by Gasteiger charge is -2.14. The normalized spacial score (nSPS) is 11.9. The van der Waals surface area contributed by atoms with Crippen LogP contribution in [0.25, 0.3) is 5.69 Å². The Morgan fingerprint density at radius 1 is 1.21 bits per heavy atom. The number of halogens is 1. The largest absolute Gasteiger partial charge is 0.387 e. The molecule has 0 aliphatic carbocycles. The SMILES string of the molecule is O=C(NC[C@@H](O)c1ccccc1Cl)c1ccccc1-n1ccnn1. The monoisotopic (exact) mass is 342 g/mol. The molecular formula is C17H15ClN4O2. The lowest BCUT2D eigenvalue weighted by Crippen LogP contribution is -2.29. The summed E-state index contributed by atoms with van der Waals surface area (Å²) in [6.45, 7) is 0.0499. The number of benzene rings is 2. The Balaban J connectivity index is 1.74. The van der Waals surface area contributed by atoms with Crippen molar-refractivity contribution in [3.05, 3.63) is 77.1 Å². The summed E-state index contributed by atoms with van der Waals surface area (Å²) in [5.74, 6) is -0.313. The van der Waals surface area contributed by atoms with E-state index in [9.17, 15) is 9.90 Å². The van der Waals surface area contributed by atoms with Crippen molar-refractivity contribution in [3.8, 4) is 5.69 Å². The third-order valence-electron chi connectivity index (χ3n) is 3.54. The molecule has 2 N–H and O–H groups in total. The van der Waals surface area contributed by atoms with Gasteiger partial charge in [-0.3, -0.25) is 4.79 Å². The number of aromatic nitrogens is 3. The lowest BCUT2D eigenvalue weighted by atomic mass is 10.1. The molecule has 0 bridgehead atoms. The van der Waals surface area contributed by atoms with Gasteiger partial charge in [0.25, 0.3) is 5.91 Å². The van der Waals surface area contributed by atoms with Crippen molar-refractivity contribution < 1.29 is 9.90 Å². The topological polar surface area (TPSA) is 80.0 Å². The summed E-state index contributed by atoms with van der Waals surface area (Å²) >= 11 is 6.05. The summed E-state index contributed by atoms with van der Waals surface area (Å²) in [7, 11) is 0. The first-order valence-electron chi connectivity index (χ1n) is 7.33. The van der Waals surface area contributed by atoms with Crippen LogP contribution in [0.4, 0.5) is 0 Å². The fourth-order valence-corrected chi connectivity index (χ4v) is 2.60. The number of aliphatic hydroxyl groups is 1. The number of carbonyl (C=O) groups is 1. The van der Waals surface area contributed by atoms with Crippen LogP contribution in [0.15, 0.2) is 60.9 Å². The zero-order valence-corrected chi connectivity index (χ0v) is 13.4. The van der Waals surface area contributed by atoms with Gasteiger partial charge in [-0.2, -0.15) is 0 Å². The molecule has 2 aromatic carbocycles. The molecule has 6 nitrogen and oxygen atoms in total. The van der Waals surface area contributed by atoms with Crippen LogP contribution in [-0.4, -0.2) is 32.6 Å². The number of nitrogens with one attached hydrogen (secondary N) is 1. The van der Waals surface area contributed by atoms with E-state index in [4.69, 9.17) is 11.6 Å². The molecule has 0 saturated carbocycles. The lowest BCUT2D eigenvalue weighted by molar-refractivity contribution is 0.0916. The Morgan fingerprint density at radius 2 is 1.96 bits per heavy atom. The molecule has 1 heterocycles. The Kier molecular flexibility index (Phi) is 4.88. The molecule has 0 unspecified atom stereocenters. The van der Waals surface area contributed by atoms with Crippen LogP contribution in [0, 0.1) is 0 Å². The quantitative estimate of drug-likeness (QED) is 0.746. The minimum absolute atomic E-state index is 0.0499. The summed E-state index contributed by atoms with van der Waals surface area (Å²) in [5.41, 5.74) is 1.62. The van der Waals surface area contributed by atoms with Gasteiger partial charge in [-0.05, 0) is 18.2 Å². The number of hydrogen-bond donors (Lipinski definition) is 2. The van der Waals surface area contributed by atoms with Crippen LogP contribution >= 0.6 is 11.6 Å². The van der Waals surface area contributed by atoms with Gasteiger partial charge in [0.1, 0.15) is 0 Å². The second kappa shape index (κ2) is 7.25. The van der Waals surface area contributed by atoms with E-state index in [0.29, 0.717) is 21.8 Å². The first kappa shape index (κ1) is 16.2. The van der Waals surface area contributed by atoms with E-state index in [1.165, 1.54) is 10.9 Å². The third kappa shape index (κ3) is 3.45. The van der Waals surface area contributed by atoms with Crippen LogP contribution in [0.3, 0.4) is 0 Å². The van der Waals surface area contributed by atoms with Gasteiger partial charge in [0.15, 0.2) is 0 Å². The van der Waals surface area contributed by atoms with E-state index in [1.807, 2.05) is 6.07 Å². The van der Waals surface area contributed by atoms with Crippen molar-refractivity contribution in [2.24, 2.45) is 0 Å². The van der Waals surface area contributed by atoms with Crippen molar-refractivity contribution in [3.63, 3.8) is 0 Å². The van der Waals surface area contributed by atoms with E-state index in [0.717, 1.165) is 0 Å². The summed E-state index contributed by atoms with van der Waals surface area (Å²) < 4.78 is 1.51. The number of carbonyl (C=O) groups excluding carboxylic acids is 1. The second-order valence-electron chi connectivity index (χ2n) is 5.11. The summed E-state index contributed by atoms with van der Waals surface area (Å²) in [6, 6.07) is 14.0. The summed E-state index contributed by atoms with van der Waals surface area (Å²) in [6.07, 6.45) is 2.31. The molecule has 122 valence electrons. The fourth-order valence-electron chi connectivity index (χ4n) is 2.34. The van der Waals surface area contributed by atoms with Gasteiger partial charge < -0.3 is 10.4 Å². The minimum atomic E-state index is -0.888. The Hall–Kier alpha value is -2.70. The molecule has 1 aromatic heterocycles. The highest BCUT2D eigenvalue weighted by atomic mass is 35.5. The van der Waals surface area contributed by atoms with Gasteiger partial charge >= 0.3 is 0 Å². The van der Waals surface area contributed by atoms with Gasteiger partial charge in [-0.1, -0.05) is 47.1 Å². The van der Waals surface area contributed by atoms with Gasteiger partial charge in [0.2, 0.25) is 0 Å². The molecule has 1 atom stereocenters. The number of hydrogen-bond acceptors (Lipinski definition) is 4. The van der Waals surface area contributed by atoms with Crippen LogP contribution in [0.2, 0.25) is 5.02 Å². The number of nitrogens with zero attached hydrogens (tertiary/aromatic N) is 3. The molecule has 3 rings (SSSR count). The second-order valence-corrected chi connectivity index (χ2v) is 5.52. The average molecular weight is 343 g/mol. The molecule has 0 spiro atoms. The predicted octanol–water partition coefficient (Wildman–Crippen LogP) is 2.38. The molecule has 0 radical (unpaired) electrons. The van der Waals surface area contributed by atoms with E-state index >= 15 is 0 Å². The molecule has 3 aromatic rings. The van der Waals surface area contributed by atoms with E-state index < -0.39 is 6.10 Å². The Bertz CT molecular complexity index is 836. The average Bonchev–Trinajstić information content (AvgIpc) is 3.14. The van der Waals surface area contributed by atoms with Crippen LogP contribution in [0.5, 0.6) is 0 Å². The highest BCUT2D eigenvalue weighted by Gasteiger charge is 2.16. The zero-order valence-electron chi connectivity index (χ0n) is 12.6. The highest BCUT2D eigenvalue weighted by Crippen LogP contribution is 2.22. The Labute approximate surface area is 143 Å². The van der Waals surface area contributed by atoms with Gasteiger partial charge in [-0.25, -0.2) is 4.68 Å². The smallest absolute Gasteiger partial charge is 0.253 e. The van der Waals surface area contributed by atoms with Crippen molar-refractivity contribution >= 4 is 17.5 Å². The first-order valence-corrected chi connectivity index (χ1v) is 7.71. The van der Waals surface area contributed by atoms with Gasteiger partial charge in [0.05, 0.1) is 29.7 Å². The number of rotatable bonds is 5. The van der Waals surface area contributed by atoms with Gasteiger partial charge in [-0.15, -0.1) is 5.10 Å². The number of para-hydroxylation sites is 1. The molecule has 0 aliphatic rings. The molecule has 1 amide bonds. The first-order chi connectivity index (χ1) is 11.7. The molecule has 24 heavy (non-hydrogen) atoms. The number of amides is 1. The van der Waals surface area contributed by atoms with Crippen LogP contribution in [-0.2, 0) is 0 Å². The maximum Gasteiger partial charge on any atom is 0.253 e. The Morgan fingerprint density at radius 3 is 2.71 bits per heavy atom. The third-order valence-corrected chi connectivity index (χ3v) is 3.88. The predicted molar refractivity (Wildman–Crippen MR) is 90.1 cm³/mol. The summed E-state index contributed by atoms with van der Waals surface area (Å²) in [4.78, 5) is 12.5. The van der Waals surface area contributed by atoms with Crippen molar-refractivity contribution in [1.82, 2.24) is 20.3 Å². The van der Waals surface area contributed by atoms with E-state index in [-0.39, 0.29) is 12.5 Å². The van der Waals surface area contributed by atoms with Crippen molar-refractivity contribution in [2.75, 3.05) is 6.54 Å². The zero-order chi connectivity index (χ0) is 16.9. The maximum atomic E-state index is 12.5. The maximum absolute atomic E-state index is 12.5. The molecule has 0 aliphatic heterocycles. The molecular weight excluding hydrogens is 328 g/mol. The van der Waals surface area contributed by atoms with Crippen LogP contribution in [0.1, 0.15) is 22.0 Å². The van der Waals surface area contributed by atoms with E-state index in [1.54, 1.807) is 48.7 Å². The molecule has 0 fully saturated rings. The fraction of sp³-hybridized carbons (Fsp3) is 0.118. The van der Waals surface area contributed by atoms with Gasteiger partial charge in [0, 0.05) is 17.1 Å². The minimum Gasteiger partial charge on any atom is -0.387 e. The number of aliphatic hydroxyl groups excluding tert-OH is 1. The standard InChI is InChI=1S/C17H15ClN4O2/c18-14-7-3-1-5-12(14)16(23)11-19-17(24)13-6-2-4-8-15(13)22-10-9-20-21-22/h1-10,16,23H,11H2,(H,19,24)/t16-/m1/s1. The van der Waals surface area contributed by atoms with E-state index in [2.05, 4.69) is 15.6 Å². The van der Waals surface area contributed by atoms with Crippen LogP contribution < -0.4 is 5.32 Å².